The van der Waals surface area contributed by atoms with Gasteiger partial charge in [-0.3, -0.25) is 9.59 Å². The van der Waals surface area contributed by atoms with Gasteiger partial charge in [-0.05, 0) is 31.7 Å². The number of carboxylic acid groups (broad SMARTS) is 1. The predicted octanol–water partition coefficient (Wildman–Crippen LogP) is 3.12. The maximum atomic E-state index is 12.6. The van der Waals surface area contributed by atoms with Gasteiger partial charge in [-0.2, -0.15) is 0 Å². The lowest BCUT2D eigenvalue weighted by atomic mass is 9.80. The van der Waals surface area contributed by atoms with Gasteiger partial charge in [0.05, 0.1) is 0 Å². The summed E-state index contributed by atoms with van der Waals surface area (Å²) in [6.45, 7) is 3.82. The van der Waals surface area contributed by atoms with E-state index in [0.29, 0.717) is 5.56 Å². The highest BCUT2D eigenvalue weighted by Crippen LogP contribution is 2.41. The first-order valence-electron chi connectivity index (χ1n) is 8.02. The van der Waals surface area contributed by atoms with Gasteiger partial charge in [-0.15, -0.1) is 0 Å². The second kappa shape index (κ2) is 6.51. The van der Waals surface area contributed by atoms with Crippen LogP contribution < -0.4 is 5.32 Å². The van der Waals surface area contributed by atoms with Gasteiger partial charge >= 0.3 is 5.97 Å². The van der Waals surface area contributed by atoms with Gasteiger partial charge in [-0.25, -0.2) is 0 Å². The Morgan fingerprint density at radius 1 is 1.23 bits per heavy atom. The van der Waals surface area contributed by atoms with Crippen molar-refractivity contribution in [3.63, 3.8) is 0 Å². The Labute approximate surface area is 131 Å². The second-order valence-corrected chi connectivity index (χ2v) is 6.53. The second-order valence-electron chi connectivity index (χ2n) is 6.53. The third-order valence-electron chi connectivity index (χ3n) is 5.20. The summed E-state index contributed by atoms with van der Waals surface area (Å²) in [6, 6.07) is 9.09. The van der Waals surface area contributed by atoms with Crippen molar-refractivity contribution in [1.29, 1.82) is 0 Å². The van der Waals surface area contributed by atoms with Crippen LogP contribution in [0.5, 0.6) is 0 Å². The lowest BCUT2D eigenvalue weighted by Gasteiger charge is -2.30. The molecule has 2 rings (SSSR count). The number of rotatable bonds is 6. The highest BCUT2D eigenvalue weighted by molar-refractivity contribution is 5.85. The highest BCUT2D eigenvalue weighted by atomic mass is 16.4. The summed E-state index contributed by atoms with van der Waals surface area (Å²) in [6.07, 6.45) is 4.79. The quantitative estimate of drug-likeness (QED) is 0.848. The largest absolute Gasteiger partial charge is 0.481 e. The van der Waals surface area contributed by atoms with Crippen molar-refractivity contribution in [3.05, 3.63) is 35.9 Å². The molecule has 0 saturated heterocycles. The Bertz CT molecular complexity index is 535. The van der Waals surface area contributed by atoms with Crippen molar-refractivity contribution in [2.24, 2.45) is 5.41 Å². The molecule has 1 amide bonds. The maximum Gasteiger partial charge on any atom is 0.315 e. The topological polar surface area (TPSA) is 66.4 Å². The Kier molecular flexibility index (Phi) is 4.89. The molecule has 0 aromatic heterocycles. The molecule has 0 aliphatic heterocycles. The van der Waals surface area contributed by atoms with Crippen LogP contribution >= 0.6 is 0 Å². The summed E-state index contributed by atoms with van der Waals surface area (Å²) >= 11 is 0. The van der Waals surface area contributed by atoms with E-state index in [2.05, 4.69) is 5.32 Å². The van der Waals surface area contributed by atoms with Gasteiger partial charge < -0.3 is 10.4 Å². The lowest BCUT2D eigenvalue weighted by molar-refractivity contribution is -0.143. The normalized spacial score (nSPS) is 19.4. The maximum absolute atomic E-state index is 12.6. The van der Waals surface area contributed by atoms with Crippen LogP contribution in [0, 0.1) is 5.41 Å². The van der Waals surface area contributed by atoms with Crippen LogP contribution in [-0.4, -0.2) is 23.5 Å². The Hall–Kier alpha value is -1.84. The smallest absolute Gasteiger partial charge is 0.315 e. The van der Waals surface area contributed by atoms with E-state index >= 15 is 0 Å². The number of benzene rings is 1. The zero-order valence-corrected chi connectivity index (χ0v) is 13.4. The molecule has 1 aliphatic rings. The number of hydrogen-bond acceptors (Lipinski definition) is 2. The summed E-state index contributed by atoms with van der Waals surface area (Å²) in [5.74, 6) is -0.910. The molecule has 22 heavy (non-hydrogen) atoms. The van der Waals surface area contributed by atoms with Gasteiger partial charge in [0, 0.05) is 12.0 Å². The predicted molar refractivity (Wildman–Crippen MR) is 85.6 cm³/mol. The van der Waals surface area contributed by atoms with Crippen molar-refractivity contribution in [3.8, 4) is 0 Å². The molecule has 1 saturated carbocycles. The third-order valence-corrected chi connectivity index (χ3v) is 5.20. The van der Waals surface area contributed by atoms with Gasteiger partial charge in [0.2, 0.25) is 5.91 Å². The van der Waals surface area contributed by atoms with E-state index in [1.807, 2.05) is 25.1 Å². The minimum absolute atomic E-state index is 0.0101. The molecule has 0 radical (unpaired) electrons. The fourth-order valence-corrected chi connectivity index (χ4v) is 3.34. The van der Waals surface area contributed by atoms with Crippen LogP contribution in [0.2, 0.25) is 0 Å². The zero-order chi connectivity index (χ0) is 16.2. The number of carboxylic acids is 1. The van der Waals surface area contributed by atoms with Crippen LogP contribution in [0.4, 0.5) is 0 Å². The number of nitrogens with one attached hydrogen (secondary N) is 1. The number of carbonyl (C=O) groups excluding carboxylic acids is 1. The molecule has 4 heteroatoms. The van der Waals surface area contributed by atoms with Crippen LogP contribution in [-0.2, 0) is 15.0 Å². The van der Waals surface area contributed by atoms with E-state index in [1.54, 1.807) is 19.1 Å². The number of hydrogen-bond donors (Lipinski definition) is 2. The molecule has 1 fully saturated rings. The lowest BCUT2D eigenvalue weighted by Crippen LogP contribution is -2.48. The van der Waals surface area contributed by atoms with Crippen LogP contribution in [0.1, 0.15) is 51.5 Å². The molecular formula is C18H25NO3. The van der Waals surface area contributed by atoms with Crippen molar-refractivity contribution >= 4 is 11.9 Å². The summed E-state index contributed by atoms with van der Waals surface area (Å²) in [5.41, 5.74) is -0.694. The van der Waals surface area contributed by atoms with Gasteiger partial charge in [0.25, 0.3) is 0 Å². The van der Waals surface area contributed by atoms with Gasteiger partial charge in [0.1, 0.15) is 5.41 Å². The molecule has 0 bridgehead atoms. The van der Waals surface area contributed by atoms with Crippen LogP contribution in [0.25, 0.3) is 0 Å². The summed E-state index contributed by atoms with van der Waals surface area (Å²) in [5, 5.41) is 12.6. The summed E-state index contributed by atoms with van der Waals surface area (Å²) in [7, 11) is 0. The fraction of sp³-hybridized carbons (Fsp3) is 0.556. The third kappa shape index (κ3) is 3.01. The first-order valence-corrected chi connectivity index (χ1v) is 8.02. The summed E-state index contributed by atoms with van der Waals surface area (Å²) in [4.78, 5) is 24.3. The molecule has 1 aliphatic carbocycles. The molecule has 1 unspecified atom stereocenters. The monoisotopic (exact) mass is 303 g/mol. The first kappa shape index (κ1) is 16.5. The van der Waals surface area contributed by atoms with Crippen molar-refractivity contribution in [1.82, 2.24) is 5.32 Å². The molecule has 4 nitrogen and oxygen atoms in total. The summed E-state index contributed by atoms with van der Waals surface area (Å²) < 4.78 is 0. The molecule has 120 valence electrons. The van der Waals surface area contributed by atoms with E-state index in [-0.39, 0.29) is 17.9 Å². The van der Waals surface area contributed by atoms with Crippen LogP contribution in [0.3, 0.4) is 0 Å². The Morgan fingerprint density at radius 3 is 2.32 bits per heavy atom. The number of amides is 1. The number of aliphatic carboxylic acids is 1. The minimum atomic E-state index is -1.11. The van der Waals surface area contributed by atoms with E-state index in [9.17, 15) is 14.7 Å². The SMILES string of the molecule is CCC1(C(=O)NCC(C)(C(=O)O)c2ccccc2)CCCC1. The van der Waals surface area contributed by atoms with E-state index < -0.39 is 11.4 Å². The van der Waals surface area contributed by atoms with E-state index in [4.69, 9.17) is 0 Å². The van der Waals surface area contributed by atoms with Crippen molar-refractivity contribution in [2.45, 2.75) is 51.4 Å². The van der Waals surface area contributed by atoms with Gasteiger partial charge in [-0.1, -0.05) is 50.1 Å². The molecule has 0 heterocycles. The van der Waals surface area contributed by atoms with Crippen molar-refractivity contribution in [2.75, 3.05) is 6.54 Å². The Morgan fingerprint density at radius 2 is 1.82 bits per heavy atom. The highest BCUT2D eigenvalue weighted by Gasteiger charge is 2.41. The zero-order valence-electron chi connectivity index (χ0n) is 13.4. The molecule has 1 atom stereocenters. The van der Waals surface area contributed by atoms with Crippen molar-refractivity contribution < 1.29 is 14.7 Å². The van der Waals surface area contributed by atoms with Crippen LogP contribution in [0.15, 0.2) is 30.3 Å². The number of carbonyl (C=O) groups is 2. The molecule has 1 aromatic carbocycles. The average molecular weight is 303 g/mol. The molecule has 0 spiro atoms. The first-order chi connectivity index (χ1) is 10.4. The molecule has 1 aromatic rings. The minimum Gasteiger partial charge on any atom is -0.481 e. The Balaban J connectivity index is 2.13. The molecular weight excluding hydrogens is 278 g/mol. The van der Waals surface area contributed by atoms with Gasteiger partial charge in [0.15, 0.2) is 0 Å². The average Bonchev–Trinajstić information content (AvgIpc) is 3.03. The molecule has 2 N–H and O–H groups in total. The van der Waals surface area contributed by atoms with E-state index in [0.717, 1.165) is 32.1 Å². The van der Waals surface area contributed by atoms with E-state index in [1.165, 1.54) is 0 Å². The fourth-order valence-electron chi connectivity index (χ4n) is 3.34. The standard InChI is InChI=1S/C18H25NO3/c1-3-18(11-7-8-12-18)15(20)19-13-17(2,16(21)22)14-9-5-4-6-10-14/h4-6,9-10H,3,7-8,11-13H2,1-2H3,(H,19,20)(H,21,22).